The minimum absolute atomic E-state index is 0.0686. The summed E-state index contributed by atoms with van der Waals surface area (Å²) in [7, 11) is 1.28. The van der Waals surface area contributed by atoms with Gasteiger partial charge in [-0.1, -0.05) is 26.0 Å². The van der Waals surface area contributed by atoms with Gasteiger partial charge in [0.15, 0.2) is 0 Å². The number of aromatic nitrogens is 2. The van der Waals surface area contributed by atoms with Crippen molar-refractivity contribution in [2.45, 2.75) is 39.8 Å². The number of esters is 1. The predicted molar refractivity (Wildman–Crippen MR) is 94.1 cm³/mol. The van der Waals surface area contributed by atoms with E-state index in [9.17, 15) is 14.4 Å². The SMILES string of the molecule is COC(=O)[C@@H](NC(=O)CCn1cnc2c(C)cccc2c1=O)C(C)C. The normalized spacial score (nSPS) is 12.2. The molecule has 7 nitrogen and oxygen atoms in total. The molecule has 0 spiro atoms. The summed E-state index contributed by atoms with van der Waals surface area (Å²) < 4.78 is 6.10. The quantitative estimate of drug-likeness (QED) is 0.800. The molecule has 2 aromatic rings. The van der Waals surface area contributed by atoms with E-state index in [0.717, 1.165) is 5.56 Å². The number of methoxy groups -OCH3 is 1. The Morgan fingerprint density at radius 2 is 2.04 bits per heavy atom. The first kappa shape index (κ1) is 18.6. The van der Waals surface area contributed by atoms with Crippen molar-refractivity contribution in [2.24, 2.45) is 5.92 Å². The molecule has 0 saturated heterocycles. The lowest BCUT2D eigenvalue weighted by atomic mass is 10.0. The Kier molecular flexibility index (Phi) is 5.90. The van der Waals surface area contributed by atoms with E-state index in [0.29, 0.717) is 10.9 Å². The number of rotatable bonds is 6. The highest BCUT2D eigenvalue weighted by atomic mass is 16.5. The van der Waals surface area contributed by atoms with Gasteiger partial charge in [0.05, 0.1) is 24.3 Å². The van der Waals surface area contributed by atoms with E-state index in [1.165, 1.54) is 18.0 Å². The lowest BCUT2D eigenvalue weighted by Crippen LogP contribution is -2.45. The second kappa shape index (κ2) is 7.92. The minimum atomic E-state index is -0.702. The summed E-state index contributed by atoms with van der Waals surface area (Å²) in [5.74, 6) is -0.895. The van der Waals surface area contributed by atoms with Gasteiger partial charge < -0.3 is 10.1 Å². The van der Waals surface area contributed by atoms with Gasteiger partial charge in [-0.25, -0.2) is 9.78 Å². The molecular formula is C18H23N3O4. The van der Waals surface area contributed by atoms with Crippen molar-refractivity contribution < 1.29 is 14.3 Å². The molecule has 2 rings (SSSR count). The number of aryl methyl sites for hydroxylation is 2. The van der Waals surface area contributed by atoms with Crippen LogP contribution in [0.25, 0.3) is 10.9 Å². The molecule has 0 unspecified atom stereocenters. The van der Waals surface area contributed by atoms with Crippen LogP contribution in [-0.4, -0.2) is 34.6 Å². The third-order valence-corrected chi connectivity index (χ3v) is 4.07. The number of carbonyl (C=O) groups is 2. The molecular weight excluding hydrogens is 322 g/mol. The van der Waals surface area contributed by atoms with Crippen LogP contribution in [-0.2, 0) is 20.9 Å². The van der Waals surface area contributed by atoms with Crippen LogP contribution in [0.1, 0.15) is 25.8 Å². The molecule has 0 saturated carbocycles. The van der Waals surface area contributed by atoms with Crippen molar-refractivity contribution >= 4 is 22.8 Å². The smallest absolute Gasteiger partial charge is 0.328 e. The molecule has 0 radical (unpaired) electrons. The van der Waals surface area contributed by atoms with Gasteiger partial charge in [-0.2, -0.15) is 0 Å². The Morgan fingerprint density at radius 3 is 2.68 bits per heavy atom. The highest BCUT2D eigenvalue weighted by Crippen LogP contribution is 2.11. The van der Waals surface area contributed by atoms with E-state index < -0.39 is 12.0 Å². The number of ether oxygens (including phenoxy) is 1. The highest BCUT2D eigenvalue weighted by molar-refractivity contribution is 5.84. The van der Waals surface area contributed by atoms with Crippen molar-refractivity contribution in [3.63, 3.8) is 0 Å². The van der Waals surface area contributed by atoms with Crippen molar-refractivity contribution in [1.82, 2.24) is 14.9 Å². The van der Waals surface area contributed by atoms with E-state index in [2.05, 4.69) is 10.3 Å². The first-order valence-electron chi connectivity index (χ1n) is 8.17. The van der Waals surface area contributed by atoms with E-state index in [4.69, 9.17) is 4.74 Å². The van der Waals surface area contributed by atoms with Crippen molar-refractivity contribution in [2.75, 3.05) is 7.11 Å². The molecule has 0 aliphatic rings. The van der Waals surface area contributed by atoms with Gasteiger partial charge in [0, 0.05) is 13.0 Å². The Balaban J connectivity index is 2.10. The maximum atomic E-state index is 12.5. The van der Waals surface area contributed by atoms with Crippen LogP contribution in [0.4, 0.5) is 0 Å². The lowest BCUT2D eigenvalue weighted by molar-refractivity contribution is -0.146. The van der Waals surface area contributed by atoms with Gasteiger partial charge in [-0.05, 0) is 24.5 Å². The molecule has 7 heteroatoms. The molecule has 0 aliphatic heterocycles. The van der Waals surface area contributed by atoms with Crippen molar-refractivity contribution in [3.05, 3.63) is 40.4 Å². The van der Waals surface area contributed by atoms with Gasteiger partial charge >= 0.3 is 5.97 Å². The number of para-hydroxylation sites is 1. The maximum Gasteiger partial charge on any atom is 0.328 e. The predicted octanol–water partition coefficient (Wildman–Crippen LogP) is 1.41. The number of benzene rings is 1. The van der Waals surface area contributed by atoms with Gasteiger partial charge in [-0.3, -0.25) is 14.2 Å². The number of nitrogens with one attached hydrogen (secondary N) is 1. The van der Waals surface area contributed by atoms with E-state index >= 15 is 0 Å². The van der Waals surface area contributed by atoms with Gasteiger partial charge in [-0.15, -0.1) is 0 Å². The number of amides is 1. The van der Waals surface area contributed by atoms with E-state index in [-0.39, 0.29) is 30.3 Å². The van der Waals surface area contributed by atoms with Crippen LogP contribution in [0.15, 0.2) is 29.3 Å². The molecule has 1 amide bonds. The molecule has 0 bridgehead atoms. The standard InChI is InChI=1S/C18H23N3O4/c1-11(2)15(18(24)25-4)20-14(22)8-9-21-10-19-16-12(3)6-5-7-13(16)17(21)23/h5-7,10-11,15H,8-9H2,1-4H3,(H,20,22)/t15-/m0/s1. The summed E-state index contributed by atoms with van der Waals surface area (Å²) in [5, 5.41) is 3.18. The van der Waals surface area contributed by atoms with Gasteiger partial charge in [0.25, 0.3) is 5.56 Å². The first-order valence-corrected chi connectivity index (χ1v) is 8.17. The summed E-state index contributed by atoms with van der Waals surface area (Å²) in [6.07, 6.45) is 1.52. The van der Waals surface area contributed by atoms with Crippen LogP contribution in [0.5, 0.6) is 0 Å². The zero-order chi connectivity index (χ0) is 18.6. The lowest BCUT2D eigenvalue weighted by Gasteiger charge is -2.19. The Morgan fingerprint density at radius 1 is 1.32 bits per heavy atom. The average molecular weight is 345 g/mol. The summed E-state index contributed by atoms with van der Waals surface area (Å²) in [5.41, 5.74) is 1.41. The summed E-state index contributed by atoms with van der Waals surface area (Å²) >= 11 is 0. The summed E-state index contributed by atoms with van der Waals surface area (Å²) in [6, 6.07) is 4.72. The van der Waals surface area contributed by atoms with E-state index in [1.807, 2.05) is 26.8 Å². The number of nitrogens with zero attached hydrogens (tertiary/aromatic N) is 2. The monoisotopic (exact) mass is 345 g/mol. The van der Waals surface area contributed by atoms with Gasteiger partial charge in [0.1, 0.15) is 6.04 Å². The largest absolute Gasteiger partial charge is 0.467 e. The van der Waals surface area contributed by atoms with Crippen LogP contribution >= 0.6 is 0 Å². The summed E-state index contributed by atoms with van der Waals surface area (Å²) in [6.45, 7) is 5.73. The third-order valence-electron chi connectivity index (χ3n) is 4.07. The minimum Gasteiger partial charge on any atom is -0.467 e. The molecule has 0 aliphatic carbocycles. The fraction of sp³-hybridized carbons (Fsp3) is 0.444. The second-order valence-corrected chi connectivity index (χ2v) is 6.28. The Hall–Kier alpha value is -2.70. The van der Waals surface area contributed by atoms with Crippen molar-refractivity contribution in [1.29, 1.82) is 0 Å². The molecule has 1 N–H and O–H groups in total. The summed E-state index contributed by atoms with van der Waals surface area (Å²) in [4.78, 5) is 40.6. The van der Waals surface area contributed by atoms with Gasteiger partial charge in [0.2, 0.25) is 5.91 Å². The zero-order valence-corrected chi connectivity index (χ0v) is 14.9. The molecule has 1 atom stereocenters. The highest BCUT2D eigenvalue weighted by Gasteiger charge is 2.24. The van der Waals surface area contributed by atoms with Crippen LogP contribution in [0.2, 0.25) is 0 Å². The third kappa shape index (κ3) is 4.23. The average Bonchev–Trinajstić information content (AvgIpc) is 2.59. The number of carbonyl (C=O) groups excluding carboxylic acids is 2. The molecule has 1 heterocycles. The number of fused-ring (bicyclic) bond motifs is 1. The first-order chi connectivity index (χ1) is 11.8. The Bertz CT molecular complexity index is 842. The maximum absolute atomic E-state index is 12.5. The zero-order valence-electron chi connectivity index (χ0n) is 14.9. The number of hydrogen-bond acceptors (Lipinski definition) is 5. The fourth-order valence-corrected chi connectivity index (χ4v) is 2.59. The van der Waals surface area contributed by atoms with Crippen molar-refractivity contribution in [3.8, 4) is 0 Å². The second-order valence-electron chi connectivity index (χ2n) is 6.28. The Labute approximate surface area is 146 Å². The molecule has 1 aromatic carbocycles. The van der Waals surface area contributed by atoms with Crippen LogP contribution in [0.3, 0.4) is 0 Å². The molecule has 25 heavy (non-hydrogen) atoms. The fourth-order valence-electron chi connectivity index (χ4n) is 2.59. The van der Waals surface area contributed by atoms with Crippen LogP contribution < -0.4 is 10.9 Å². The molecule has 1 aromatic heterocycles. The van der Waals surface area contributed by atoms with E-state index in [1.54, 1.807) is 12.1 Å². The molecule has 0 fully saturated rings. The van der Waals surface area contributed by atoms with Crippen LogP contribution in [0, 0.1) is 12.8 Å². The number of hydrogen-bond donors (Lipinski definition) is 1. The topological polar surface area (TPSA) is 90.3 Å². The molecule has 134 valence electrons.